The highest BCUT2D eigenvalue weighted by Gasteiger charge is 2.06. The second-order valence-corrected chi connectivity index (χ2v) is 5.49. The van der Waals surface area contributed by atoms with Crippen molar-refractivity contribution < 1.29 is 4.74 Å². The number of nitrogen functional groups attached to an aromatic ring is 1. The smallest absolute Gasteiger partial charge is 0.127 e. The average Bonchev–Trinajstić information content (AvgIpc) is 2.48. The molecule has 3 rings (SSSR count). The average molecular weight is 298 g/mol. The third-order valence-electron chi connectivity index (χ3n) is 3.51. The monoisotopic (exact) mass is 297 g/mol. The molecule has 0 aliphatic heterocycles. The molecule has 0 heterocycles. The van der Waals surface area contributed by atoms with E-state index in [-0.39, 0.29) is 0 Å². The van der Waals surface area contributed by atoms with Crippen LogP contribution in [0.1, 0.15) is 11.1 Å². The number of rotatable bonds is 3. The van der Waals surface area contributed by atoms with Crippen LogP contribution in [0.2, 0.25) is 5.02 Å². The van der Waals surface area contributed by atoms with Crippen molar-refractivity contribution in [1.82, 2.24) is 0 Å². The molecule has 21 heavy (non-hydrogen) atoms. The molecule has 0 unspecified atom stereocenters. The van der Waals surface area contributed by atoms with Crippen LogP contribution in [0.3, 0.4) is 0 Å². The van der Waals surface area contributed by atoms with E-state index in [2.05, 4.69) is 0 Å². The molecule has 0 bridgehead atoms. The number of hydrogen-bond acceptors (Lipinski definition) is 2. The Balaban J connectivity index is 1.90. The van der Waals surface area contributed by atoms with E-state index in [1.165, 1.54) is 0 Å². The van der Waals surface area contributed by atoms with Crippen molar-refractivity contribution in [2.45, 2.75) is 13.5 Å². The van der Waals surface area contributed by atoms with Crippen LogP contribution in [0.15, 0.2) is 54.6 Å². The van der Waals surface area contributed by atoms with Crippen molar-refractivity contribution in [3.8, 4) is 5.75 Å². The molecule has 0 saturated heterocycles. The van der Waals surface area contributed by atoms with Crippen LogP contribution in [0.25, 0.3) is 10.8 Å². The molecular formula is C18H16ClNO. The summed E-state index contributed by atoms with van der Waals surface area (Å²) in [5, 5.41) is 2.75. The molecule has 0 aliphatic rings. The zero-order valence-corrected chi connectivity index (χ0v) is 12.5. The summed E-state index contributed by atoms with van der Waals surface area (Å²) in [6.07, 6.45) is 0. The van der Waals surface area contributed by atoms with Gasteiger partial charge in [0.15, 0.2) is 0 Å². The van der Waals surface area contributed by atoms with Gasteiger partial charge in [0.05, 0.1) is 0 Å². The van der Waals surface area contributed by atoms with E-state index in [0.717, 1.165) is 38.4 Å². The first-order valence-corrected chi connectivity index (χ1v) is 7.18. The van der Waals surface area contributed by atoms with Gasteiger partial charge in [-0.1, -0.05) is 48.0 Å². The largest absolute Gasteiger partial charge is 0.488 e. The Morgan fingerprint density at radius 2 is 1.76 bits per heavy atom. The van der Waals surface area contributed by atoms with E-state index in [4.69, 9.17) is 22.1 Å². The third kappa shape index (κ3) is 2.81. The number of anilines is 1. The molecule has 0 atom stereocenters. The second-order valence-electron chi connectivity index (χ2n) is 5.08. The Morgan fingerprint density at radius 3 is 2.52 bits per heavy atom. The number of aryl methyl sites for hydroxylation is 1. The summed E-state index contributed by atoms with van der Waals surface area (Å²) in [5.41, 5.74) is 8.87. The minimum atomic E-state index is 0.438. The lowest BCUT2D eigenvalue weighted by Crippen LogP contribution is -1.98. The molecule has 0 amide bonds. The van der Waals surface area contributed by atoms with Crippen LogP contribution in [-0.4, -0.2) is 0 Å². The van der Waals surface area contributed by atoms with Crippen molar-refractivity contribution >= 4 is 28.1 Å². The van der Waals surface area contributed by atoms with Crippen LogP contribution in [0.4, 0.5) is 5.69 Å². The van der Waals surface area contributed by atoms with E-state index in [1.54, 1.807) is 0 Å². The molecule has 3 aromatic rings. The van der Waals surface area contributed by atoms with Gasteiger partial charge in [-0.3, -0.25) is 0 Å². The predicted octanol–water partition coefficient (Wildman–Crippen LogP) is 4.96. The number of ether oxygens (including phenoxy) is 1. The molecule has 0 spiro atoms. The normalized spacial score (nSPS) is 10.8. The highest BCUT2D eigenvalue weighted by atomic mass is 35.5. The highest BCUT2D eigenvalue weighted by molar-refractivity contribution is 6.31. The Kier molecular flexibility index (Phi) is 3.72. The molecule has 2 N–H and O–H groups in total. The van der Waals surface area contributed by atoms with Crippen molar-refractivity contribution in [3.63, 3.8) is 0 Å². The zero-order valence-electron chi connectivity index (χ0n) is 11.8. The maximum absolute atomic E-state index is 6.24. The highest BCUT2D eigenvalue weighted by Crippen LogP contribution is 2.31. The molecule has 106 valence electrons. The molecule has 3 aromatic carbocycles. The molecule has 0 aliphatic carbocycles. The fourth-order valence-electron chi connectivity index (χ4n) is 2.35. The van der Waals surface area contributed by atoms with Crippen molar-refractivity contribution in [2.24, 2.45) is 0 Å². The maximum atomic E-state index is 6.24. The summed E-state index contributed by atoms with van der Waals surface area (Å²) in [7, 11) is 0. The number of hydrogen-bond donors (Lipinski definition) is 1. The van der Waals surface area contributed by atoms with Crippen molar-refractivity contribution in [1.29, 1.82) is 0 Å². The summed E-state index contributed by atoms with van der Waals surface area (Å²) in [4.78, 5) is 0. The first-order chi connectivity index (χ1) is 10.1. The minimum Gasteiger partial charge on any atom is -0.488 e. The topological polar surface area (TPSA) is 35.2 Å². The van der Waals surface area contributed by atoms with Gasteiger partial charge in [-0.2, -0.15) is 0 Å². The summed E-state index contributed by atoms with van der Waals surface area (Å²) < 4.78 is 5.94. The fraction of sp³-hybridized carbons (Fsp3) is 0.111. The molecule has 0 aromatic heterocycles. The van der Waals surface area contributed by atoms with Gasteiger partial charge in [0, 0.05) is 27.0 Å². The van der Waals surface area contributed by atoms with Gasteiger partial charge in [0.2, 0.25) is 0 Å². The van der Waals surface area contributed by atoms with Crippen LogP contribution in [0.5, 0.6) is 5.75 Å². The van der Waals surface area contributed by atoms with Crippen LogP contribution >= 0.6 is 11.6 Å². The number of benzene rings is 3. The van der Waals surface area contributed by atoms with Gasteiger partial charge in [-0.05, 0) is 30.7 Å². The molecule has 3 heteroatoms. The Labute approximate surface area is 129 Å². The lowest BCUT2D eigenvalue weighted by molar-refractivity contribution is 0.310. The third-order valence-corrected chi connectivity index (χ3v) is 3.86. The summed E-state index contributed by atoms with van der Waals surface area (Å²) in [6, 6.07) is 17.7. The van der Waals surface area contributed by atoms with Crippen molar-refractivity contribution in [2.75, 3.05) is 5.73 Å². The molecular weight excluding hydrogens is 282 g/mol. The Hall–Kier alpha value is -2.19. The van der Waals surface area contributed by atoms with Crippen LogP contribution in [-0.2, 0) is 6.61 Å². The van der Waals surface area contributed by atoms with E-state index < -0.39 is 0 Å². The number of fused-ring (bicyclic) bond motifs is 1. The summed E-state index contributed by atoms with van der Waals surface area (Å²) >= 11 is 6.24. The van der Waals surface area contributed by atoms with Gasteiger partial charge in [-0.15, -0.1) is 0 Å². The van der Waals surface area contributed by atoms with Crippen LogP contribution in [0, 0.1) is 6.92 Å². The molecule has 0 saturated carbocycles. The zero-order chi connectivity index (χ0) is 14.8. The molecule has 2 nitrogen and oxygen atoms in total. The van der Waals surface area contributed by atoms with Gasteiger partial charge < -0.3 is 10.5 Å². The second kappa shape index (κ2) is 5.66. The summed E-state index contributed by atoms with van der Waals surface area (Å²) in [6.45, 7) is 2.46. The van der Waals surface area contributed by atoms with Crippen LogP contribution < -0.4 is 10.5 Å². The van der Waals surface area contributed by atoms with Gasteiger partial charge in [0.25, 0.3) is 0 Å². The lowest BCUT2D eigenvalue weighted by Gasteiger charge is -2.12. The summed E-state index contributed by atoms with van der Waals surface area (Å²) in [5.74, 6) is 0.816. The fourth-order valence-corrected chi connectivity index (χ4v) is 2.64. The van der Waals surface area contributed by atoms with Gasteiger partial charge in [-0.25, -0.2) is 0 Å². The standard InChI is InChI=1S/C18H16ClNO/c1-12-6-7-13(16(19)10-12)11-21-18-9-8-17(20)14-4-2-3-5-15(14)18/h2-10H,11,20H2,1H3. The number of nitrogens with two attached hydrogens (primary N) is 1. The first-order valence-electron chi connectivity index (χ1n) is 6.80. The Morgan fingerprint density at radius 1 is 1.00 bits per heavy atom. The van der Waals surface area contributed by atoms with E-state index in [1.807, 2.05) is 61.5 Å². The quantitative estimate of drug-likeness (QED) is 0.693. The molecule has 0 fully saturated rings. The minimum absolute atomic E-state index is 0.438. The maximum Gasteiger partial charge on any atom is 0.127 e. The van der Waals surface area contributed by atoms with Gasteiger partial charge in [0.1, 0.15) is 12.4 Å². The van der Waals surface area contributed by atoms with E-state index >= 15 is 0 Å². The SMILES string of the molecule is Cc1ccc(COc2ccc(N)c3ccccc23)c(Cl)c1. The van der Waals surface area contributed by atoms with Gasteiger partial charge >= 0.3 is 0 Å². The van der Waals surface area contributed by atoms with E-state index in [0.29, 0.717) is 6.61 Å². The van der Waals surface area contributed by atoms with E-state index in [9.17, 15) is 0 Å². The Bertz CT molecular complexity index is 798. The molecule has 0 radical (unpaired) electrons. The first kappa shape index (κ1) is 13.8. The number of halogens is 1. The predicted molar refractivity (Wildman–Crippen MR) is 88.9 cm³/mol. The van der Waals surface area contributed by atoms with Crippen molar-refractivity contribution in [3.05, 3.63) is 70.7 Å². The lowest BCUT2D eigenvalue weighted by atomic mass is 10.1.